The molecule has 1 N–H and O–H groups in total. The van der Waals surface area contributed by atoms with E-state index in [-0.39, 0.29) is 43.2 Å². The average molecular weight is 553 g/mol. The molecule has 38 heavy (non-hydrogen) atoms. The van der Waals surface area contributed by atoms with Gasteiger partial charge in [-0.3, -0.25) is 29.6 Å². The van der Waals surface area contributed by atoms with E-state index < -0.39 is 5.54 Å². The SMILES string of the molecule is COC(=O)[C@]1(C)C[C@@H](N2CCCc3cc(Cl)cc(-c4ccnc5cc(CN6C(=O)CCC6=O)sc45)c32)CN1. The number of methoxy groups -OCH3 is 1. The number of halogens is 1. The number of nitrogens with zero attached hydrogens (tertiary/aromatic N) is 3. The Bertz CT molecular complexity index is 1460. The first-order valence-corrected chi connectivity index (χ1v) is 14.1. The first-order valence-electron chi connectivity index (χ1n) is 12.9. The lowest BCUT2D eigenvalue weighted by molar-refractivity contribution is -0.147. The number of pyridine rings is 1. The molecule has 198 valence electrons. The molecule has 10 heteroatoms. The predicted molar refractivity (Wildman–Crippen MR) is 147 cm³/mol. The number of amides is 2. The Morgan fingerprint density at radius 3 is 2.76 bits per heavy atom. The monoisotopic (exact) mass is 552 g/mol. The fourth-order valence-electron chi connectivity index (χ4n) is 6.10. The second-order valence-corrected chi connectivity index (χ2v) is 12.1. The summed E-state index contributed by atoms with van der Waals surface area (Å²) in [6.45, 7) is 3.74. The third-order valence-corrected chi connectivity index (χ3v) is 9.32. The Morgan fingerprint density at radius 2 is 2.00 bits per heavy atom. The number of rotatable bonds is 5. The second-order valence-electron chi connectivity index (χ2n) is 10.5. The van der Waals surface area contributed by atoms with Crippen LogP contribution in [0.1, 0.15) is 43.0 Å². The molecule has 3 aromatic rings. The molecule has 2 aromatic heterocycles. The molecule has 2 fully saturated rings. The molecule has 0 bridgehead atoms. The number of nitrogens with one attached hydrogen (secondary N) is 1. The molecule has 0 spiro atoms. The first kappa shape index (κ1) is 25.3. The zero-order valence-electron chi connectivity index (χ0n) is 21.4. The molecule has 3 aliphatic heterocycles. The van der Waals surface area contributed by atoms with Gasteiger partial charge in [-0.15, -0.1) is 11.3 Å². The third kappa shape index (κ3) is 4.26. The smallest absolute Gasteiger partial charge is 0.325 e. The van der Waals surface area contributed by atoms with Crippen molar-refractivity contribution in [3.63, 3.8) is 0 Å². The minimum absolute atomic E-state index is 0.121. The van der Waals surface area contributed by atoms with E-state index in [1.807, 2.05) is 25.1 Å². The molecule has 3 aliphatic rings. The summed E-state index contributed by atoms with van der Waals surface area (Å²) in [4.78, 5) is 46.2. The highest BCUT2D eigenvalue weighted by Gasteiger charge is 2.45. The molecule has 5 heterocycles. The zero-order chi connectivity index (χ0) is 26.6. The van der Waals surface area contributed by atoms with Crippen LogP contribution < -0.4 is 10.2 Å². The Labute approximate surface area is 229 Å². The summed E-state index contributed by atoms with van der Waals surface area (Å²) < 4.78 is 6.07. The van der Waals surface area contributed by atoms with Crippen LogP contribution in [0.5, 0.6) is 0 Å². The maximum absolute atomic E-state index is 12.5. The predicted octanol–water partition coefficient (Wildman–Crippen LogP) is 4.31. The van der Waals surface area contributed by atoms with Gasteiger partial charge < -0.3 is 9.64 Å². The van der Waals surface area contributed by atoms with Gasteiger partial charge in [0, 0.05) is 64.9 Å². The van der Waals surface area contributed by atoms with Crippen molar-refractivity contribution in [2.45, 2.75) is 57.2 Å². The Kier molecular flexibility index (Phi) is 6.40. The van der Waals surface area contributed by atoms with Crippen LogP contribution in [0.4, 0.5) is 5.69 Å². The van der Waals surface area contributed by atoms with Crippen LogP contribution in [0.2, 0.25) is 5.02 Å². The molecule has 0 radical (unpaired) electrons. The standard InChI is InChI=1S/C28H29ClN4O4S/c1-28(27(36)37-2)13-18(14-31-28)32-9-3-4-16-10-17(29)11-21(25(16)32)20-7-8-30-22-12-19(38-26(20)22)15-33-23(34)5-6-24(33)35/h7-8,10-12,18,31H,3-6,9,13-15H2,1-2H3/t18-,28+/m1/s1. The highest BCUT2D eigenvalue weighted by Crippen LogP contribution is 2.45. The fraction of sp³-hybridized carbons (Fsp3) is 0.429. The summed E-state index contributed by atoms with van der Waals surface area (Å²) in [6.07, 6.45) is 4.94. The number of carbonyl (C=O) groups excluding carboxylic acids is 3. The van der Waals surface area contributed by atoms with Gasteiger partial charge in [0.15, 0.2) is 0 Å². The molecule has 8 nitrogen and oxygen atoms in total. The van der Waals surface area contributed by atoms with Crippen molar-refractivity contribution >= 4 is 56.6 Å². The largest absolute Gasteiger partial charge is 0.468 e. The summed E-state index contributed by atoms with van der Waals surface area (Å²) >= 11 is 8.22. The normalized spacial score (nSPS) is 23.4. The topological polar surface area (TPSA) is 91.8 Å². The van der Waals surface area contributed by atoms with Crippen molar-refractivity contribution in [3.8, 4) is 11.1 Å². The van der Waals surface area contributed by atoms with Crippen LogP contribution in [0.15, 0.2) is 30.5 Å². The van der Waals surface area contributed by atoms with E-state index in [0.29, 0.717) is 18.0 Å². The number of aryl methyl sites for hydroxylation is 1. The van der Waals surface area contributed by atoms with E-state index >= 15 is 0 Å². The number of carbonyl (C=O) groups is 3. The highest BCUT2D eigenvalue weighted by atomic mass is 35.5. The lowest BCUT2D eigenvalue weighted by Crippen LogP contribution is -2.45. The number of esters is 1. The van der Waals surface area contributed by atoms with Crippen LogP contribution in [0.3, 0.4) is 0 Å². The van der Waals surface area contributed by atoms with Crippen molar-refractivity contribution in [3.05, 3.63) is 45.9 Å². The average Bonchev–Trinajstić information content (AvgIpc) is 3.60. The van der Waals surface area contributed by atoms with Gasteiger partial charge in [-0.25, -0.2) is 0 Å². The van der Waals surface area contributed by atoms with Gasteiger partial charge in [0.2, 0.25) is 11.8 Å². The van der Waals surface area contributed by atoms with E-state index in [2.05, 4.69) is 21.3 Å². The number of benzene rings is 1. The van der Waals surface area contributed by atoms with E-state index in [9.17, 15) is 14.4 Å². The fourth-order valence-corrected chi connectivity index (χ4v) is 7.47. The van der Waals surface area contributed by atoms with Crippen LogP contribution in [0.25, 0.3) is 21.3 Å². The van der Waals surface area contributed by atoms with Crippen molar-refractivity contribution in [1.82, 2.24) is 15.2 Å². The number of likely N-dealkylation sites (tertiary alicyclic amines) is 1. The van der Waals surface area contributed by atoms with Gasteiger partial charge in [0.25, 0.3) is 0 Å². The lowest BCUT2D eigenvalue weighted by Gasteiger charge is -2.38. The molecular formula is C28H29ClN4O4S. The van der Waals surface area contributed by atoms with Gasteiger partial charge in [-0.1, -0.05) is 11.6 Å². The lowest BCUT2D eigenvalue weighted by atomic mass is 9.91. The maximum atomic E-state index is 12.5. The molecule has 2 saturated heterocycles. The number of aromatic nitrogens is 1. The molecule has 0 unspecified atom stereocenters. The van der Waals surface area contributed by atoms with Crippen molar-refractivity contribution in [1.29, 1.82) is 0 Å². The minimum Gasteiger partial charge on any atom is -0.468 e. The zero-order valence-corrected chi connectivity index (χ0v) is 23.0. The number of anilines is 1. The molecule has 1 aromatic carbocycles. The van der Waals surface area contributed by atoms with Gasteiger partial charge in [0.1, 0.15) is 5.54 Å². The Hall–Kier alpha value is -3.01. The van der Waals surface area contributed by atoms with Crippen LogP contribution >= 0.6 is 22.9 Å². The quantitative estimate of drug-likeness (QED) is 0.372. The number of hydrogen-bond acceptors (Lipinski definition) is 8. The Balaban J connectivity index is 1.41. The highest BCUT2D eigenvalue weighted by molar-refractivity contribution is 7.19. The van der Waals surface area contributed by atoms with E-state index in [0.717, 1.165) is 51.3 Å². The number of imide groups is 1. The molecule has 6 rings (SSSR count). The van der Waals surface area contributed by atoms with Gasteiger partial charge in [0.05, 0.1) is 23.9 Å². The number of thiophene rings is 1. The third-order valence-electron chi connectivity index (χ3n) is 7.96. The summed E-state index contributed by atoms with van der Waals surface area (Å²) in [5.74, 6) is -0.487. The van der Waals surface area contributed by atoms with Gasteiger partial charge in [-0.2, -0.15) is 0 Å². The van der Waals surface area contributed by atoms with Crippen LogP contribution in [0, 0.1) is 0 Å². The first-order chi connectivity index (χ1) is 18.3. The van der Waals surface area contributed by atoms with Crippen LogP contribution in [-0.4, -0.2) is 59.4 Å². The summed E-state index contributed by atoms with van der Waals surface area (Å²) in [5, 5.41) is 4.08. The Morgan fingerprint density at radius 1 is 1.21 bits per heavy atom. The van der Waals surface area contributed by atoms with E-state index in [1.165, 1.54) is 17.6 Å². The number of hydrogen-bond donors (Lipinski definition) is 1. The molecular weight excluding hydrogens is 524 g/mol. The second kappa shape index (κ2) is 9.63. The van der Waals surface area contributed by atoms with E-state index in [1.54, 1.807) is 17.5 Å². The summed E-state index contributed by atoms with van der Waals surface area (Å²) in [6, 6.07) is 8.18. The molecule has 0 saturated carbocycles. The molecule has 2 atom stereocenters. The van der Waals surface area contributed by atoms with Gasteiger partial charge in [-0.05, 0) is 56.0 Å². The summed E-state index contributed by atoms with van der Waals surface area (Å²) in [5.41, 5.74) is 4.51. The summed E-state index contributed by atoms with van der Waals surface area (Å²) in [7, 11) is 1.43. The molecule has 0 aliphatic carbocycles. The maximum Gasteiger partial charge on any atom is 0.325 e. The minimum atomic E-state index is -0.722. The van der Waals surface area contributed by atoms with E-state index in [4.69, 9.17) is 16.3 Å². The number of fused-ring (bicyclic) bond motifs is 2. The van der Waals surface area contributed by atoms with Crippen LogP contribution in [-0.2, 0) is 32.1 Å². The number of ether oxygens (including phenoxy) is 1. The van der Waals surface area contributed by atoms with Crippen molar-refractivity contribution in [2.24, 2.45) is 0 Å². The van der Waals surface area contributed by atoms with Crippen molar-refractivity contribution in [2.75, 3.05) is 25.1 Å². The van der Waals surface area contributed by atoms with Crippen molar-refractivity contribution < 1.29 is 19.1 Å². The van der Waals surface area contributed by atoms with Gasteiger partial charge >= 0.3 is 5.97 Å². The molecule has 2 amide bonds.